The summed E-state index contributed by atoms with van der Waals surface area (Å²) < 4.78 is 0. The first-order chi connectivity index (χ1) is 8.18. The summed E-state index contributed by atoms with van der Waals surface area (Å²) in [5.74, 6) is -0.0856. The minimum Gasteiger partial charge on any atom is -0.364 e. The van der Waals surface area contributed by atoms with Gasteiger partial charge in [0.1, 0.15) is 0 Å². The maximum Gasteiger partial charge on any atom is 0.271 e. The van der Waals surface area contributed by atoms with Gasteiger partial charge in [0.2, 0.25) is 0 Å². The van der Waals surface area contributed by atoms with Crippen molar-refractivity contribution in [3.05, 3.63) is 18.1 Å². The summed E-state index contributed by atoms with van der Waals surface area (Å²) in [4.78, 5) is 19.3. The number of nitrogens with two attached hydrogens (primary N) is 1. The van der Waals surface area contributed by atoms with E-state index in [-0.39, 0.29) is 11.7 Å². The van der Waals surface area contributed by atoms with Gasteiger partial charge in [-0.05, 0) is 26.3 Å². The molecule has 1 aromatic heterocycles. The molecule has 0 saturated carbocycles. The number of nitrogens with one attached hydrogen (secondary N) is 2. The molecule has 2 unspecified atom stereocenters. The topological polar surface area (TPSA) is 92.9 Å². The van der Waals surface area contributed by atoms with Gasteiger partial charge >= 0.3 is 0 Å². The maximum absolute atomic E-state index is 11.2. The third kappa shape index (κ3) is 2.71. The van der Waals surface area contributed by atoms with Crippen LogP contribution in [0.5, 0.6) is 0 Å². The summed E-state index contributed by atoms with van der Waals surface area (Å²) in [5.41, 5.74) is 5.46. The fourth-order valence-corrected chi connectivity index (χ4v) is 2.04. The molecule has 4 N–H and O–H groups in total. The number of piperidine rings is 1. The molecule has 92 valence electrons. The number of anilines is 1. The minimum absolute atomic E-state index is 0.199. The predicted molar refractivity (Wildman–Crippen MR) is 64.7 cm³/mol. The smallest absolute Gasteiger partial charge is 0.271 e. The van der Waals surface area contributed by atoms with Crippen LogP contribution in [0, 0.1) is 0 Å². The Labute approximate surface area is 100 Å². The monoisotopic (exact) mass is 235 g/mol. The Bertz CT molecular complexity index is 409. The Hall–Kier alpha value is -1.69. The van der Waals surface area contributed by atoms with Crippen LogP contribution in [0.2, 0.25) is 0 Å². The number of amides is 1. The summed E-state index contributed by atoms with van der Waals surface area (Å²) >= 11 is 0. The molecule has 0 aromatic carbocycles. The second-order valence-corrected chi connectivity index (χ2v) is 4.25. The molecular weight excluding hydrogens is 218 g/mol. The van der Waals surface area contributed by atoms with E-state index in [1.54, 1.807) is 6.20 Å². The predicted octanol–water partition coefficient (Wildman–Crippen LogP) is 0.128. The van der Waals surface area contributed by atoms with Crippen molar-refractivity contribution < 1.29 is 4.79 Å². The molecule has 1 aliphatic heterocycles. The second-order valence-electron chi connectivity index (χ2n) is 4.25. The molecule has 1 aliphatic rings. The zero-order valence-corrected chi connectivity index (χ0v) is 9.81. The lowest BCUT2D eigenvalue weighted by Gasteiger charge is -2.31. The highest BCUT2D eigenvalue weighted by molar-refractivity contribution is 5.95. The van der Waals surface area contributed by atoms with Gasteiger partial charge in [0.05, 0.1) is 0 Å². The van der Waals surface area contributed by atoms with E-state index in [0.717, 1.165) is 19.4 Å². The number of hydrogen-bond acceptors (Lipinski definition) is 5. The van der Waals surface area contributed by atoms with Gasteiger partial charge in [0, 0.05) is 24.5 Å². The number of carbonyl (C=O) groups excluding carboxylic acids is 1. The molecule has 6 nitrogen and oxygen atoms in total. The maximum atomic E-state index is 11.2. The quantitative estimate of drug-likeness (QED) is 0.692. The summed E-state index contributed by atoms with van der Waals surface area (Å²) in [5, 5.41) is 6.62. The number of primary amides is 1. The van der Waals surface area contributed by atoms with E-state index in [1.165, 1.54) is 6.20 Å². The largest absolute Gasteiger partial charge is 0.364 e. The van der Waals surface area contributed by atoms with Crippen LogP contribution in [-0.2, 0) is 0 Å². The van der Waals surface area contributed by atoms with Crippen LogP contribution >= 0.6 is 0 Å². The van der Waals surface area contributed by atoms with Crippen LogP contribution in [-0.4, -0.2) is 34.5 Å². The number of hydrogen-bond donors (Lipinski definition) is 3. The van der Waals surface area contributed by atoms with E-state index in [9.17, 15) is 4.79 Å². The van der Waals surface area contributed by atoms with Crippen LogP contribution in [0.3, 0.4) is 0 Å². The highest BCUT2D eigenvalue weighted by atomic mass is 16.1. The lowest BCUT2D eigenvalue weighted by Crippen LogP contribution is -2.47. The fraction of sp³-hybridized carbons (Fsp3) is 0.545. The van der Waals surface area contributed by atoms with Gasteiger partial charge in [-0.15, -0.1) is 0 Å². The average Bonchev–Trinajstić information content (AvgIpc) is 2.32. The van der Waals surface area contributed by atoms with E-state index in [0.29, 0.717) is 11.9 Å². The Balaban J connectivity index is 2.14. The number of nitrogens with zero attached hydrogens (tertiary/aromatic N) is 2. The molecule has 17 heavy (non-hydrogen) atoms. The Morgan fingerprint density at radius 3 is 3.00 bits per heavy atom. The van der Waals surface area contributed by atoms with Gasteiger partial charge < -0.3 is 16.4 Å². The van der Waals surface area contributed by atoms with Crippen molar-refractivity contribution >= 4 is 11.7 Å². The van der Waals surface area contributed by atoms with Gasteiger partial charge in [0.15, 0.2) is 11.5 Å². The lowest BCUT2D eigenvalue weighted by molar-refractivity contribution is 0.0996. The number of carbonyl (C=O) groups is 1. The van der Waals surface area contributed by atoms with Crippen molar-refractivity contribution in [2.75, 3.05) is 11.9 Å². The van der Waals surface area contributed by atoms with E-state index in [2.05, 4.69) is 27.5 Å². The van der Waals surface area contributed by atoms with Gasteiger partial charge in [-0.1, -0.05) is 0 Å². The first-order valence-electron chi connectivity index (χ1n) is 5.79. The molecule has 2 rings (SSSR count). The summed E-state index contributed by atoms with van der Waals surface area (Å²) in [6.07, 6.45) is 5.17. The van der Waals surface area contributed by atoms with Crippen molar-refractivity contribution in [2.45, 2.75) is 31.8 Å². The van der Waals surface area contributed by atoms with Crippen LogP contribution in [0.4, 0.5) is 5.82 Å². The minimum atomic E-state index is -0.558. The van der Waals surface area contributed by atoms with Crippen molar-refractivity contribution in [2.24, 2.45) is 5.73 Å². The zero-order chi connectivity index (χ0) is 12.3. The van der Waals surface area contributed by atoms with E-state index >= 15 is 0 Å². The Morgan fingerprint density at radius 1 is 1.53 bits per heavy atom. The standard InChI is InChI=1S/C11H17N5O/c1-7-8(3-2-4-13-7)16-11-9(10(12)17)14-5-6-15-11/h5-8,13H,2-4H2,1H3,(H2,12,17)(H,15,16). The summed E-state index contributed by atoms with van der Waals surface area (Å²) in [7, 11) is 0. The van der Waals surface area contributed by atoms with Crippen molar-refractivity contribution in [1.82, 2.24) is 15.3 Å². The third-order valence-electron chi connectivity index (χ3n) is 3.02. The average molecular weight is 235 g/mol. The molecular formula is C11H17N5O. The van der Waals surface area contributed by atoms with Crippen LogP contribution in [0.15, 0.2) is 12.4 Å². The molecule has 6 heteroatoms. The van der Waals surface area contributed by atoms with Crippen molar-refractivity contribution in [1.29, 1.82) is 0 Å². The highest BCUT2D eigenvalue weighted by Gasteiger charge is 2.22. The van der Waals surface area contributed by atoms with Gasteiger partial charge in [-0.2, -0.15) is 0 Å². The molecule has 0 spiro atoms. The number of rotatable bonds is 3. The molecule has 1 amide bonds. The SMILES string of the molecule is CC1NCCCC1Nc1nccnc1C(N)=O. The molecule has 1 fully saturated rings. The zero-order valence-electron chi connectivity index (χ0n) is 9.81. The molecule has 0 aliphatic carbocycles. The molecule has 0 radical (unpaired) electrons. The van der Waals surface area contributed by atoms with Crippen LogP contribution in [0.1, 0.15) is 30.3 Å². The molecule has 2 atom stereocenters. The molecule has 0 bridgehead atoms. The van der Waals surface area contributed by atoms with E-state index in [4.69, 9.17) is 5.73 Å². The Morgan fingerprint density at radius 2 is 2.29 bits per heavy atom. The second kappa shape index (κ2) is 5.09. The highest BCUT2D eigenvalue weighted by Crippen LogP contribution is 2.16. The summed E-state index contributed by atoms with van der Waals surface area (Å²) in [6.45, 7) is 3.14. The van der Waals surface area contributed by atoms with Gasteiger partial charge in [-0.3, -0.25) is 4.79 Å². The van der Waals surface area contributed by atoms with Gasteiger partial charge in [-0.25, -0.2) is 9.97 Å². The third-order valence-corrected chi connectivity index (χ3v) is 3.02. The van der Waals surface area contributed by atoms with E-state index < -0.39 is 5.91 Å². The van der Waals surface area contributed by atoms with Crippen LogP contribution in [0.25, 0.3) is 0 Å². The molecule has 1 saturated heterocycles. The number of aromatic nitrogens is 2. The van der Waals surface area contributed by atoms with Crippen molar-refractivity contribution in [3.63, 3.8) is 0 Å². The normalized spacial score (nSPS) is 24.3. The fourth-order valence-electron chi connectivity index (χ4n) is 2.04. The summed E-state index contributed by atoms with van der Waals surface area (Å²) in [6, 6.07) is 0.588. The Kier molecular flexibility index (Phi) is 3.53. The molecule has 1 aromatic rings. The van der Waals surface area contributed by atoms with E-state index in [1.807, 2.05) is 0 Å². The van der Waals surface area contributed by atoms with Crippen LogP contribution < -0.4 is 16.4 Å². The first kappa shape index (κ1) is 11.8. The van der Waals surface area contributed by atoms with Crippen molar-refractivity contribution in [3.8, 4) is 0 Å². The molecule has 2 heterocycles. The lowest BCUT2D eigenvalue weighted by atomic mass is 10.00. The first-order valence-corrected chi connectivity index (χ1v) is 5.79. The van der Waals surface area contributed by atoms with Gasteiger partial charge in [0.25, 0.3) is 5.91 Å².